The van der Waals surface area contributed by atoms with E-state index in [0.717, 1.165) is 0 Å². The van der Waals surface area contributed by atoms with Gasteiger partial charge in [-0.05, 0) is 0 Å². The molecule has 0 aliphatic carbocycles. The topological polar surface area (TPSA) is 0 Å². The Bertz CT molecular complexity index is 5.61. The van der Waals surface area contributed by atoms with E-state index in [4.69, 9.17) is 0 Å². The van der Waals surface area contributed by atoms with E-state index in [0.29, 0.717) is 0 Å². The minimum Gasteiger partial charge on any atom is -0.106 e. The van der Waals surface area contributed by atoms with Crippen LogP contribution in [0.1, 0.15) is 0 Å². The van der Waals surface area contributed by atoms with E-state index in [9.17, 15) is 0 Å². The smallest absolute Gasteiger partial charge is 0 e. The second kappa shape index (κ2) is 1480. The van der Waals surface area contributed by atoms with Crippen LogP contribution in [-0.4, -0.2) is 0 Å². The Kier molecular flexibility index (Phi) is 5640. The molecule has 5 heavy (non-hydrogen) atoms. The molecule has 0 saturated heterocycles. The van der Waals surface area contributed by atoms with Gasteiger partial charge in [0.05, 0.1) is 0 Å². The summed E-state index contributed by atoms with van der Waals surface area (Å²) in [6.07, 6.45) is 0. The van der Waals surface area contributed by atoms with Crippen LogP contribution in [0.2, 0.25) is 0 Å². The maximum Gasteiger partial charge on any atom is 0 e. The zero-order valence-electron chi connectivity index (χ0n) is 3.24. The molecular formula is C4H8W. The molecule has 0 heterocycles. The summed E-state index contributed by atoms with van der Waals surface area (Å²) in [5, 5.41) is 0. The van der Waals surface area contributed by atoms with Crippen LogP contribution in [0.5, 0.6) is 0 Å². The molecule has 30 valence electrons. The van der Waals surface area contributed by atoms with Gasteiger partial charge in [-0.15, -0.1) is 26.3 Å². The van der Waals surface area contributed by atoms with Gasteiger partial charge in [-0.1, -0.05) is 0 Å². The van der Waals surface area contributed by atoms with Crippen LogP contribution >= 0.6 is 0 Å². The van der Waals surface area contributed by atoms with E-state index in [2.05, 4.69) is 26.3 Å². The Labute approximate surface area is 47.8 Å². The maximum atomic E-state index is 3.00. The maximum absolute atomic E-state index is 3.00. The van der Waals surface area contributed by atoms with Crippen LogP contribution in [0.15, 0.2) is 26.3 Å². The van der Waals surface area contributed by atoms with Crippen molar-refractivity contribution in [3.8, 4) is 0 Å². The van der Waals surface area contributed by atoms with Gasteiger partial charge in [-0.25, -0.2) is 0 Å². The van der Waals surface area contributed by atoms with Crippen LogP contribution in [0.3, 0.4) is 0 Å². The fourth-order valence-corrected chi connectivity index (χ4v) is 0. The first-order chi connectivity index (χ1) is 2.00. The SMILES string of the molecule is C=C.C=C.[W]. The quantitative estimate of drug-likeness (QED) is 0.564. The van der Waals surface area contributed by atoms with E-state index in [1.165, 1.54) is 0 Å². The van der Waals surface area contributed by atoms with Crippen molar-refractivity contribution in [2.75, 3.05) is 0 Å². The summed E-state index contributed by atoms with van der Waals surface area (Å²) in [5.74, 6) is 0. The van der Waals surface area contributed by atoms with Crippen molar-refractivity contribution in [2.45, 2.75) is 0 Å². The molecule has 0 radical (unpaired) electrons. The summed E-state index contributed by atoms with van der Waals surface area (Å²) in [4.78, 5) is 0. The van der Waals surface area contributed by atoms with Gasteiger partial charge in [0.15, 0.2) is 0 Å². The standard InChI is InChI=1S/2C2H4.W/c2*1-2;/h2*1-2H2;. The average molecular weight is 240 g/mol. The Morgan fingerprint density at radius 2 is 0.600 bits per heavy atom. The van der Waals surface area contributed by atoms with Crippen molar-refractivity contribution in [3.05, 3.63) is 26.3 Å². The van der Waals surface area contributed by atoms with Gasteiger partial charge in [-0.3, -0.25) is 0 Å². The van der Waals surface area contributed by atoms with Gasteiger partial charge >= 0.3 is 0 Å². The van der Waals surface area contributed by atoms with Crippen LogP contribution in [0.4, 0.5) is 0 Å². The molecule has 0 aliphatic heterocycles. The monoisotopic (exact) mass is 240 g/mol. The molecule has 0 bridgehead atoms. The largest absolute Gasteiger partial charge is 0.106 e. The van der Waals surface area contributed by atoms with Crippen molar-refractivity contribution in [2.24, 2.45) is 0 Å². The van der Waals surface area contributed by atoms with Crippen molar-refractivity contribution in [1.82, 2.24) is 0 Å². The molecule has 1 heteroatoms. The van der Waals surface area contributed by atoms with Crippen LogP contribution in [0.25, 0.3) is 0 Å². The Balaban J connectivity index is -0.0000000133. The molecule has 0 aromatic carbocycles. The molecule has 0 spiro atoms. The predicted molar refractivity (Wildman–Crippen MR) is 22.5 cm³/mol. The molecular weight excluding hydrogens is 232 g/mol. The number of hydrogen-bond acceptors (Lipinski definition) is 0. The summed E-state index contributed by atoms with van der Waals surface area (Å²) < 4.78 is 0. The third-order valence-electron chi connectivity index (χ3n) is 0. The van der Waals surface area contributed by atoms with E-state index in [1.807, 2.05) is 0 Å². The first-order valence-electron chi connectivity index (χ1n) is 1.000. The van der Waals surface area contributed by atoms with E-state index < -0.39 is 0 Å². The first kappa shape index (κ1) is 19.1. The van der Waals surface area contributed by atoms with Gasteiger partial charge in [0.2, 0.25) is 0 Å². The second-order valence-corrected chi connectivity index (χ2v) is 0. The summed E-state index contributed by atoms with van der Waals surface area (Å²) >= 11 is 0. The van der Waals surface area contributed by atoms with E-state index in [-0.39, 0.29) is 21.1 Å². The fraction of sp³-hybridized carbons (Fsp3) is 0. The van der Waals surface area contributed by atoms with Gasteiger partial charge in [0.25, 0.3) is 0 Å². The minimum absolute atomic E-state index is 0. The summed E-state index contributed by atoms with van der Waals surface area (Å²) in [7, 11) is 0. The summed E-state index contributed by atoms with van der Waals surface area (Å²) in [6.45, 7) is 12.0. The molecule has 0 atom stereocenters. The minimum atomic E-state index is 0. The molecule has 0 aromatic heterocycles. The van der Waals surface area contributed by atoms with Crippen LogP contribution in [-0.2, 0) is 21.1 Å². The first-order valence-corrected chi connectivity index (χ1v) is 1.000. The van der Waals surface area contributed by atoms with Gasteiger partial charge in [-0.2, -0.15) is 0 Å². The molecule has 0 N–H and O–H groups in total. The van der Waals surface area contributed by atoms with Crippen molar-refractivity contribution < 1.29 is 21.1 Å². The molecule has 0 nitrogen and oxygen atoms in total. The normalized spacial score (nSPS) is 1.60. The number of rotatable bonds is 0. The molecule has 0 amide bonds. The van der Waals surface area contributed by atoms with Crippen molar-refractivity contribution in [1.29, 1.82) is 0 Å². The molecule has 0 saturated carbocycles. The van der Waals surface area contributed by atoms with Gasteiger partial charge < -0.3 is 0 Å². The van der Waals surface area contributed by atoms with Crippen LogP contribution in [0, 0.1) is 0 Å². The third-order valence-corrected chi connectivity index (χ3v) is 0. The Morgan fingerprint density at radius 3 is 0.600 bits per heavy atom. The molecule has 0 fully saturated rings. The fourth-order valence-electron chi connectivity index (χ4n) is 0. The van der Waals surface area contributed by atoms with E-state index >= 15 is 0 Å². The van der Waals surface area contributed by atoms with Crippen LogP contribution < -0.4 is 0 Å². The van der Waals surface area contributed by atoms with Gasteiger partial charge in [0, 0.05) is 21.1 Å². The van der Waals surface area contributed by atoms with Gasteiger partial charge in [0.1, 0.15) is 0 Å². The summed E-state index contributed by atoms with van der Waals surface area (Å²) in [5.41, 5.74) is 0. The molecule has 0 aliphatic rings. The molecule has 0 rings (SSSR count). The number of hydrogen-bond donors (Lipinski definition) is 0. The third kappa shape index (κ3) is 692. The average Bonchev–Trinajstić information content (AvgIpc) is 1.50. The molecule has 0 aromatic rings. The van der Waals surface area contributed by atoms with E-state index in [1.54, 1.807) is 0 Å². The Hall–Kier alpha value is 0.168. The zero-order chi connectivity index (χ0) is 4.00. The zero-order valence-corrected chi connectivity index (χ0v) is 6.17. The predicted octanol–water partition coefficient (Wildman–Crippen LogP) is 1.60. The summed E-state index contributed by atoms with van der Waals surface area (Å²) in [6, 6.07) is 0. The second-order valence-electron chi connectivity index (χ2n) is 0. The molecule has 0 unspecified atom stereocenters. The Morgan fingerprint density at radius 1 is 0.600 bits per heavy atom. The van der Waals surface area contributed by atoms with Crippen molar-refractivity contribution >= 4 is 0 Å². The van der Waals surface area contributed by atoms with Crippen molar-refractivity contribution in [3.63, 3.8) is 0 Å².